The lowest BCUT2D eigenvalue weighted by Gasteiger charge is -2.30. The van der Waals surface area contributed by atoms with E-state index < -0.39 is 5.54 Å². The summed E-state index contributed by atoms with van der Waals surface area (Å²) in [4.78, 5) is 39.2. The molecule has 6 heteroatoms. The third-order valence-corrected chi connectivity index (χ3v) is 6.09. The average Bonchev–Trinajstić information content (AvgIpc) is 3.01. The number of hydrogen-bond donors (Lipinski definition) is 2. The Labute approximate surface area is 176 Å². The number of carbonyl (C=O) groups excluding carboxylic acids is 3. The van der Waals surface area contributed by atoms with Crippen molar-refractivity contribution in [2.75, 3.05) is 6.54 Å². The third-order valence-electron chi connectivity index (χ3n) is 6.09. The summed E-state index contributed by atoms with van der Waals surface area (Å²) in [6.45, 7) is 0.0918. The Kier molecular flexibility index (Phi) is 5.84. The maximum Gasteiger partial charge on any atom is 0.325 e. The van der Waals surface area contributed by atoms with Gasteiger partial charge in [0.05, 0.1) is 6.04 Å². The van der Waals surface area contributed by atoms with Crippen LogP contribution >= 0.6 is 0 Å². The predicted octanol–water partition coefficient (Wildman–Crippen LogP) is 3.54. The van der Waals surface area contributed by atoms with Gasteiger partial charge in [-0.3, -0.25) is 14.5 Å². The number of imide groups is 1. The van der Waals surface area contributed by atoms with Crippen molar-refractivity contribution in [1.82, 2.24) is 15.5 Å². The first-order chi connectivity index (χ1) is 14.6. The topological polar surface area (TPSA) is 78.5 Å². The minimum atomic E-state index is -0.748. The summed E-state index contributed by atoms with van der Waals surface area (Å²) in [6, 6.07) is 18.9. The monoisotopic (exact) mass is 405 g/mol. The van der Waals surface area contributed by atoms with Gasteiger partial charge in [-0.25, -0.2) is 4.79 Å². The normalized spacial score (nSPS) is 18.0. The summed E-state index contributed by atoms with van der Waals surface area (Å²) in [6.07, 6.45) is 4.42. The first kappa shape index (κ1) is 20.1. The molecule has 30 heavy (non-hydrogen) atoms. The number of carbonyl (C=O) groups is 3. The zero-order chi connectivity index (χ0) is 21.0. The standard InChI is InChI=1S/C24H27N3O3/c28-20(14-17-27-22(29)24(26-23(27)30)15-8-3-9-16-24)25-21(18-10-4-1-5-11-18)19-12-6-2-7-13-19/h1-2,4-7,10-13,21H,3,8-9,14-17H2,(H,25,28)(H,26,30). The first-order valence-electron chi connectivity index (χ1n) is 10.6. The third kappa shape index (κ3) is 4.08. The van der Waals surface area contributed by atoms with E-state index in [1.165, 1.54) is 4.90 Å². The maximum absolute atomic E-state index is 12.9. The quantitative estimate of drug-likeness (QED) is 0.722. The van der Waals surface area contributed by atoms with Crippen molar-refractivity contribution in [3.8, 4) is 0 Å². The van der Waals surface area contributed by atoms with Gasteiger partial charge in [-0.1, -0.05) is 79.9 Å². The second kappa shape index (κ2) is 8.69. The van der Waals surface area contributed by atoms with Crippen LogP contribution in [0.25, 0.3) is 0 Å². The lowest BCUT2D eigenvalue weighted by Crippen LogP contribution is -2.48. The summed E-state index contributed by atoms with van der Waals surface area (Å²) in [5.74, 6) is -0.374. The molecule has 156 valence electrons. The Bertz CT molecular complexity index is 868. The van der Waals surface area contributed by atoms with Crippen molar-refractivity contribution in [3.05, 3.63) is 71.8 Å². The van der Waals surface area contributed by atoms with Crippen molar-refractivity contribution in [3.63, 3.8) is 0 Å². The summed E-state index contributed by atoms with van der Waals surface area (Å²) in [7, 11) is 0. The van der Waals surface area contributed by atoms with E-state index in [0.717, 1.165) is 30.4 Å². The molecule has 0 atom stereocenters. The molecule has 6 nitrogen and oxygen atoms in total. The van der Waals surface area contributed by atoms with Crippen LogP contribution < -0.4 is 10.6 Å². The number of nitrogens with zero attached hydrogens (tertiary/aromatic N) is 1. The van der Waals surface area contributed by atoms with Gasteiger partial charge in [0.1, 0.15) is 5.54 Å². The highest BCUT2D eigenvalue weighted by molar-refractivity contribution is 6.07. The fourth-order valence-electron chi connectivity index (χ4n) is 4.47. The molecule has 4 rings (SSSR count). The number of hydrogen-bond acceptors (Lipinski definition) is 3. The van der Waals surface area contributed by atoms with Crippen LogP contribution in [0.1, 0.15) is 55.7 Å². The Morgan fingerprint density at radius 1 is 0.933 bits per heavy atom. The van der Waals surface area contributed by atoms with Crippen molar-refractivity contribution in [1.29, 1.82) is 0 Å². The summed E-state index contributed by atoms with van der Waals surface area (Å²) in [5, 5.41) is 5.96. The average molecular weight is 405 g/mol. The van der Waals surface area contributed by atoms with Gasteiger partial charge in [0.2, 0.25) is 5.91 Å². The van der Waals surface area contributed by atoms with E-state index in [9.17, 15) is 14.4 Å². The Morgan fingerprint density at radius 2 is 1.50 bits per heavy atom. The van der Waals surface area contributed by atoms with E-state index in [2.05, 4.69) is 10.6 Å². The highest BCUT2D eigenvalue weighted by atomic mass is 16.2. The molecule has 0 unspecified atom stereocenters. The molecule has 1 saturated carbocycles. The van der Waals surface area contributed by atoms with Crippen LogP contribution in [0.5, 0.6) is 0 Å². The van der Waals surface area contributed by atoms with Gasteiger partial charge in [0.15, 0.2) is 0 Å². The molecule has 4 amide bonds. The fourth-order valence-corrected chi connectivity index (χ4v) is 4.47. The fraction of sp³-hybridized carbons (Fsp3) is 0.375. The second-order valence-corrected chi connectivity index (χ2v) is 8.10. The van der Waals surface area contributed by atoms with Gasteiger partial charge in [0.25, 0.3) is 5.91 Å². The number of amides is 4. The Morgan fingerprint density at radius 3 is 2.07 bits per heavy atom. The smallest absolute Gasteiger partial charge is 0.325 e. The van der Waals surface area contributed by atoms with E-state index in [1.807, 2.05) is 60.7 Å². The van der Waals surface area contributed by atoms with Gasteiger partial charge in [-0.05, 0) is 24.0 Å². The minimum absolute atomic E-state index is 0.0748. The van der Waals surface area contributed by atoms with Crippen LogP contribution in [0.3, 0.4) is 0 Å². The summed E-state index contributed by atoms with van der Waals surface area (Å²) in [5.41, 5.74) is 1.21. The SMILES string of the molecule is O=C(CCN1C(=O)NC2(CCCCC2)C1=O)NC(c1ccccc1)c1ccccc1. The lowest BCUT2D eigenvalue weighted by atomic mass is 9.82. The molecule has 2 N–H and O–H groups in total. The molecule has 1 saturated heterocycles. The largest absolute Gasteiger partial charge is 0.345 e. The zero-order valence-electron chi connectivity index (χ0n) is 17.0. The van der Waals surface area contributed by atoms with Crippen LogP contribution in [-0.4, -0.2) is 34.8 Å². The minimum Gasteiger partial charge on any atom is -0.345 e. The van der Waals surface area contributed by atoms with Crippen LogP contribution in [-0.2, 0) is 9.59 Å². The van der Waals surface area contributed by atoms with E-state index in [-0.39, 0.29) is 36.9 Å². The van der Waals surface area contributed by atoms with Gasteiger partial charge in [0, 0.05) is 13.0 Å². The van der Waals surface area contributed by atoms with Crippen molar-refractivity contribution < 1.29 is 14.4 Å². The molecule has 1 aliphatic carbocycles. The molecule has 2 aromatic carbocycles. The Balaban J connectivity index is 1.42. The molecule has 2 aliphatic rings. The Hall–Kier alpha value is -3.15. The number of nitrogens with one attached hydrogen (secondary N) is 2. The number of rotatable bonds is 6. The number of urea groups is 1. The molecular weight excluding hydrogens is 378 g/mol. The molecule has 0 aromatic heterocycles. The molecule has 1 aliphatic heterocycles. The molecule has 0 bridgehead atoms. The van der Waals surface area contributed by atoms with Crippen LogP contribution in [0.2, 0.25) is 0 Å². The molecule has 1 heterocycles. The predicted molar refractivity (Wildman–Crippen MR) is 114 cm³/mol. The number of benzene rings is 2. The van der Waals surface area contributed by atoms with Crippen LogP contribution in [0.15, 0.2) is 60.7 Å². The highest BCUT2D eigenvalue weighted by Crippen LogP contribution is 2.33. The van der Waals surface area contributed by atoms with E-state index in [0.29, 0.717) is 12.8 Å². The zero-order valence-corrected chi connectivity index (χ0v) is 17.0. The summed E-state index contributed by atoms with van der Waals surface area (Å²) < 4.78 is 0. The second-order valence-electron chi connectivity index (χ2n) is 8.10. The molecule has 0 radical (unpaired) electrons. The molecule has 2 fully saturated rings. The van der Waals surface area contributed by atoms with Gasteiger partial charge >= 0.3 is 6.03 Å². The van der Waals surface area contributed by atoms with Crippen LogP contribution in [0.4, 0.5) is 4.79 Å². The molecule has 1 spiro atoms. The van der Waals surface area contributed by atoms with Gasteiger partial charge < -0.3 is 10.6 Å². The highest BCUT2D eigenvalue weighted by Gasteiger charge is 2.51. The van der Waals surface area contributed by atoms with E-state index >= 15 is 0 Å². The van der Waals surface area contributed by atoms with E-state index in [4.69, 9.17) is 0 Å². The maximum atomic E-state index is 12.9. The molecular formula is C24H27N3O3. The summed E-state index contributed by atoms with van der Waals surface area (Å²) >= 11 is 0. The van der Waals surface area contributed by atoms with Gasteiger partial charge in [-0.2, -0.15) is 0 Å². The lowest BCUT2D eigenvalue weighted by molar-refractivity contribution is -0.132. The van der Waals surface area contributed by atoms with Crippen molar-refractivity contribution >= 4 is 17.8 Å². The van der Waals surface area contributed by atoms with Crippen molar-refractivity contribution in [2.45, 2.75) is 50.1 Å². The van der Waals surface area contributed by atoms with Crippen molar-refractivity contribution in [2.24, 2.45) is 0 Å². The van der Waals surface area contributed by atoms with Crippen LogP contribution in [0, 0.1) is 0 Å². The van der Waals surface area contributed by atoms with Gasteiger partial charge in [-0.15, -0.1) is 0 Å². The first-order valence-corrected chi connectivity index (χ1v) is 10.6. The molecule has 2 aromatic rings. The van der Waals surface area contributed by atoms with E-state index in [1.54, 1.807) is 0 Å².